The molecule has 0 radical (unpaired) electrons. The number of thiocarbonyl (C=S) groups is 1. The zero-order chi connectivity index (χ0) is 29.4. The lowest BCUT2D eigenvalue weighted by Gasteiger charge is -2.35. The molecule has 10 nitrogen and oxygen atoms in total. The summed E-state index contributed by atoms with van der Waals surface area (Å²) in [6, 6.07) is 12.0. The standard InChI is InChI=1S/C28H36N4O6S3/c1-36-23-19-22(20-24(37-2)27(23)38-3)32(41(34,35)25-9-4-7-21-8-5-10-29-26(21)25)11-6-18-40-28(39)31-14-12-30(13-15-31)16-17-33/h4-5,7-10,19-20,33H,6,11-18H2,1-3H3. The Hall–Kier alpha value is -2.84. The number of pyridine rings is 1. The van der Waals surface area contributed by atoms with Crippen LogP contribution in [0.3, 0.4) is 0 Å². The molecule has 1 saturated heterocycles. The lowest BCUT2D eigenvalue weighted by Crippen LogP contribution is -2.48. The number of benzene rings is 2. The zero-order valence-corrected chi connectivity index (χ0v) is 25.9. The third-order valence-electron chi connectivity index (χ3n) is 6.88. The van der Waals surface area contributed by atoms with Crippen molar-refractivity contribution in [3.8, 4) is 17.2 Å². The summed E-state index contributed by atoms with van der Waals surface area (Å²) in [6.07, 6.45) is 2.13. The van der Waals surface area contributed by atoms with Crippen LogP contribution < -0.4 is 18.5 Å². The van der Waals surface area contributed by atoms with Gasteiger partial charge in [0, 0.05) is 68.7 Å². The molecule has 0 amide bonds. The minimum atomic E-state index is -4.04. The molecule has 41 heavy (non-hydrogen) atoms. The number of thioether (sulfide) groups is 1. The van der Waals surface area contributed by atoms with E-state index in [2.05, 4.69) is 14.8 Å². The van der Waals surface area contributed by atoms with Crippen LogP contribution in [0.15, 0.2) is 53.6 Å². The summed E-state index contributed by atoms with van der Waals surface area (Å²) in [5, 5.41) is 9.91. The van der Waals surface area contributed by atoms with E-state index in [-0.39, 0.29) is 18.0 Å². The number of anilines is 1. The molecule has 3 aromatic rings. The quantitative estimate of drug-likeness (QED) is 0.238. The molecule has 1 fully saturated rings. The highest BCUT2D eigenvalue weighted by Gasteiger charge is 2.29. The molecular weight excluding hydrogens is 585 g/mol. The largest absolute Gasteiger partial charge is 0.493 e. The molecule has 1 N–H and O–H groups in total. The summed E-state index contributed by atoms with van der Waals surface area (Å²) in [5.74, 6) is 1.73. The van der Waals surface area contributed by atoms with E-state index < -0.39 is 10.0 Å². The molecule has 0 aliphatic carbocycles. The Morgan fingerprint density at radius 3 is 2.37 bits per heavy atom. The number of sulfonamides is 1. The van der Waals surface area contributed by atoms with E-state index in [1.807, 2.05) is 12.1 Å². The van der Waals surface area contributed by atoms with Crippen LogP contribution in [0.25, 0.3) is 10.9 Å². The van der Waals surface area contributed by atoms with Gasteiger partial charge in [-0.2, -0.15) is 0 Å². The van der Waals surface area contributed by atoms with Gasteiger partial charge in [-0.05, 0) is 18.6 Å². The van der Waals surface area contributed by atoms with E-state index in [1.165, 1.54) is 25.6 Å². The average molecular weight is 621 g/mol. The monoisotopic (exact) mass is 620 g/mol. The van der Waals surface area contributed by atoms with Crippen LogP contribution >= 0.6 is 24.0 Å². The Bertz CT molecular complexity index is 1420. The van der Waals surface area contributed by atoms with Crippen molar-refractivity contribution in [2.75, 3.05) is 77.3 Å². The molecular formula is C28H36N4O6S3. The summed E-state index contributed by atoms with van der Waals surface area (Å²) in [6.45, 7) is 4.35. The highest BCUT2D eigenvalue weighted by Crippen LogP contribution is 2.42. The second-order valence-electron chi connectivity index (χ2n) is 9.31. The van der Waals surface area contributed by atoms with Crippen LogP contribution in [0.4, 0.5) is 5.69 Å². The van der Waals surface area contributed by atoms with Gasteiger partial charge < -0.3 is 24.2 Å². The van der Waals surface area contributed by atoms with E-state index >= 15 is 0 Å². The number of piperazine rings is 1. The SMILES string of the molecule is COc1cc(N(CCCSC(=S)N2CCN(CCO)CC2)S(=O)(=O)c2cccc3cccnc23)cc(OC)c1OC. The third-order valence-corrected chi connectivity index (χ3v) is 10.3. The molecule has 13 heteroatoms. The summed E-state index contributed by atoms with van der Waals surface area (Å²) >= 11 is 7.23. The first-order chi connectivity index (χ1) is 19.8. The van der Waals surface area contributed by atoms with Crippen molar-refractivity contribution in [3.63, 3.8) is 0 Å². The van der Waals surface area contributed by atoms with Crippen LogP contribution in [0.1, 0.15) is 6.42 Å². The molecule has 4 rings (SSSR count). The molecule has 0 spiro atoms. The van der Waals surface area contributed by atoms with Gasteiger partial charge in [0.05, 0.1) is 39.1 Å². The minimum absolute atomic E-state index is 0.119. The molecule has 2 heterocycles. The van der Waals surface area contributed by atoms with Crippen LogP contribution in [0, 0.1) is 0 Å². The summed E-state index contributed by atoms with van der Waals surface area (Å²) in [5.41, 5.74) is 0.795. The highest BCUT2D eigenvalue weighted by atomic mass is 32.2. The number of methoxy groups -OCH3 is 3. The van der Waals surface area contributed by atoms with E-state index in [0.29, 0.717) is 47.2 Å². The molecule has 2 aromatic carbocycles. The molecule has 1 aromatic heterocycles. The number of nitrogens with zero attached hydrogens (tertiary/aromatic N) is 4. The summed E-state index contributed by atoms with van der Waals surface area (Å²) in [7, 11) is 0.452. The van der Waals surface area contributed by atoms with Crippen molar-refractivity contribution < 1.29 is 27.7 Å². The number of rotatable bonds is 12. The van der Waals surface area contributed by atoms with Crippen molar-refractivity contribution in [3.05, 3.63) is 48.7 Å². The first-order valence-electron chi connectivity index (χ1n) is 13.3. The normalized spacial score (nSPS) is 14.2. The van der Waals surface area contributed by atoms with E-state index in [9.17, 15) is 13.5 Å². The van der Waals surface area contributed by atoms with Gasteiger partial charge >= 0.3 is 0 Å². The average Bonchev–Trinajstić information content (AvgIpc) is 3.00. The molecule has 1 aliphatic heterocycles. The van der Waals surface area contributed by atoms with Crippen molar-refractivity contribution in [1.82, 2.24) is 14.8 Å². The molecule has 0 saturated carbocycles. The molecule has 1 aliphatic rings. The van der Waals surface area contributed by atoms with Gasteiger partial charge in [0.15, 0.2) is 11.5 Å². The van der Waals surface area contributed by atoms with Crippen LogP contribution in [0.2, 0.25) is 0 Å². The highest BCUT2D eigenvalue weighted by molar-refractivity contribution is 8.22. The Labute approximate surface area is 251 Å². The maximum Gasteiger partial charge on any atom is 0.266 e. The first kappa shape index (κ1) is 31.1. The van der Waals surface area contributed by atoms with Crippen molar-refractivity contribution in [2.24, 2.45) is 0 Å². The van der Waals surface area contributed by atoms with Gasteiger partial charge in [0.2, 0.25) is 5.75 Å². The van der Waals surface area contributed by atoms with Crippen molar-refractivity contribution in [2.45, 2.75) is 11.3 Å². The predicted octanol–water partition coefficient (Wildman–Crippen LogP) is 3.47. The second kappa shape index (κ2) is 14.4. The van der Waals surface area contributed by atoms with E-state index in [0.717, 1.165) is 35.9 Å². The maximum absolute atomic E-state index is 14.3. The van der Waals surface area contributed by atoms with Gasteiger partial charge in [-0.3, -0.25) is 14.2 Å². The van der Waals surface area contributed by atoms with Crippen LogP contribution in [0.5, 0.6) is 17.2 Å². The van der Waals surface area contributed by atoms with Crippen LogP contribution in [-0.4, -0.2) is 106 Å². The topological polar surface area (TPSA) is 105 Å². The molecule has 222 valence electrons. The fourth-order valence-corrected chi connectivity index (χ4v) is 7.66. The fraction of sp³-hybridized carbons (Fsp3) is 0.429. The second-order valence-corrected chi connectivity index (χ2v) is 12.9. The van der Waals surface area contributed by atoms with Crippen LogP contribution in [-0.2, 0) is 10.0 Å². The summed E-state index contributed by atoms with van der Waals surface area (Å²) in [4.78, 5) is 8.89. The minimum Gasteiger partial charge on any atom is -0.493 e. The third kappa shape index (κ3) is 7.15. The Morgan fingerprint density at radius 1 is 1.05 bits per heavy atom. The zero-order valence-electron chi connectivity index (χ0n) is 23.5. The van der Waals surface area contributed by atoms with Gasteiger partial charge in [0.25, 0.3) is 10.0 Å². The number of β-amino-alcohol motifs (C(OH)–C–C–N with tert-alkyl or cyclic N) is 1. The lowest BCUT2D eigenvalue weighted by atomic mass is 10.2. The number of hydrogen-bond donors (Lipinski definition) is 1. The molecule has 0 bridgehead atoms. The number of fused-ring (bicyclic) bond motifs is 1. The number of hydrogen-bond acceptors (Lipinski definition) is 10. The first-order valence-corrected chi connectivity index (χ1v) is 16.1. The van der Waals surface area contributed by atoms with Gasteiger partial charge in [-0.25, -0.2) is 8.42 Å². The van der Waals surface area contributed by atoms with Gasteiger partial charge in [-0.1, -0.05) is 42.2 Å². The molecule has 0 atom stereocenters. The lowest BCUT2D eigenvalue weighted by molar-refractivity contribution is 0.149. The Kier molecular flexibility index (Phi) is 10.9. The van der Waals surface area contributed by atoms with Gasteiger partial charge in [0.1, 0.15) is 9.22 Å². The predicted molar refractivity (Wildman–Crippen MR) is 167 cm³/mol. The van der Waals surface area contributed by atoms with E-state index in [1.54, 1.807) is 48.3 Å². The number of para-hydroxylation sites is 1. The number of ether oxygens (including phenoxy) is 3. The Morgan fingerprint density at radius 2 is 1.73 bits per heavy atom. The smallest absolute Gasteiger partial charge is 0.266 e. The maximum atomic E-state index is 14.3. The summed E-state index contributed by atoms with van der Waals surface area (Å²) < 4.78 is 47.2. The Balaban J connectivity index is 1.58. The number of aliphatic hydroxyl groups is 1. The fourth-order valence-electron chi connectivity index (χ4n) is 4.76. The van der Waals surface area contributed by atoms with Crippen molar-refractivity contribution >= 4 is 54.9 Å². The number of aliphatic hydroxyl groups excluding tert-OH is 1. The van der Waals surface area contributed by atoms with Crippen molar-refractivity contribution in [1.29, 1.82) is 0 Å². The van der Waals surface area contributed by atoms with Gasteiger partial charge in [-0.15, -0.1) is 0 Å². The van der Waals surface area contributed by atoms with E-state index in [4.69, 9.17) is 26.4 Å². The molecule has 0 unspecified atom stereocenters. The number of aromatic nitrogens is 1.